The topological polar surface area (TPSA) is 41.6 Å². The van der Waals surface area contributed by atoms with Gasteiger partial charge in [0.2, 0.25) is 0 Å². The van der Waals surface area contributed by atoms with Gasteiger partial charge in [-0.3, -0.25) is 9.69 Å². The first-order valence-corrected chi connectivity index (χ1v) is 10.6. The van der Waals surface area contributed by atoms with Crippen LogP contribution in [0, 0.1) is 0 Å². The molecule has 1 aliphatic heterocycles. The maximum atomic E-state index is 13.0. The molecule has 0 radical (unpaired) electrons. The summed E-state index contributed by atoms with van der Waals surface area (Å²) in [6.07, 6.45) is 0. The molecule has 4 heteroatoms. The number of nitrogens with zero attached hydrogens (tertiary/aromatic N) is 1. The summed E-state index contributed by atoms with van der Waals surface area (Å²) >= 11 is 0. The number of nitrogens with one attached hydrogen (secondary N) is 1. The van der Waals surface area contributed by atoms with Gasteiger partial charge in [0.15, 0.2) is 0 Å². The highest BCUT2D eigenvalue weighted by atomic mass is 16.5. The molecule has 4 rings (SSSR count). The van der Waals surface area contributed by atoms with Gasteiger partial charge in [0.1, 0.15) is 0 Å². The summed E-state index contributed by atoms with van der Waals surface area (Å²) in [4.78, 5) is 15.4. The van der Waals surface area contributed by atoms with Crippen LogP contribution in [0.2, 0.25) is 0 Å². The molecule has 3 aromatic rings. The molecule has 0 aromatic heterocycles. The van der Waals surface area contributed by atoms with Crippen molar-refractivity contribution in [2.75, 3.05) is 26.3 Å². The van der Waals surface area contributed by atoms with Gasteiger partial charge >= 0.3 is 0 Å². The molecule has 0 bridgehead atoms. The van der Waals surface area contributed by atoms with E-state index in [0.29, 0.717) is 5.56 Å². The number of hydrogen-bond donors (Lipinski definition) is 1. The second-order valence-corrected chi connectivity index (χ2v) is 7.71. The van der Waals surface area contributed by atoms with Crippen LogP contribution in [0.15, 0.2) is 84.9 Å². The van der Waals surface area contributed by atoms with Crippen LogP contribution in [-0.2, 0) is 4.74 Å². The first kappa shape index (κ1) is 20.3. The third kappa shape index (κ3) is 4.78. The van der Waals surface area contributed by atoms with E-state index in [-0.39, 0.29) is 18.0 Å². The first-order valence-electron chi connectivity index (χ1n) is 10.6. The van der Waals surface area contributed by atoms with E-state index in [9.17, 15) is 4.79 Å². The summed E-state index contributed by atoms with van der Waals surface area (Å²) in [5.41, 5.74) is 4.15. The Balaban J connectivity index is 1.49. The normalized spacial score (nSPS) is 16.6. The van der Waals surface area contributed by atoms with E-state index >= 15 is 0 Å². The Morgan fingerprint density at radius 3 is 2.03 bits per heavy atom. The van der Waals surface area contributed by atoms with Crippen LogP contribution in [0.3, 0.4) is 0 Å². The van der Waals surface area contributed by atoms with Crippen molar-refractivity contribution in [3.63, 3.8) is 0 Å². The van der Waals surface area contributed by atoms with Crippen molar-refractivity contribution in [3.05, 3.63) is 96.1 Å². The lowest BCUT2D eigenvalue weighted by Gasteiger charge is -2.38. The van der Waals surface area contributed by atoms with Gasteiger partial charge in [-0.2, -0.15) is 0 Å². The minimum atomic E-state index is -0.0451. The molecule has 1 amide bonds. The number of morpholine rings is 1. The molecule has 0 unspecified atom stereocenters. The Morgan fingerprint density at radius 2 is 1.40 bits per heavy atom. The van der Waals surface area contributed by atoms with Crippen LogP contribution in [0.4, 0.5) is 0 Å². The van der Waals surface area contributed by atoms with Crippen LogP contribution in [0.1, 0.15) is 28.9 Å². The van der Waals surface area contributed by atoms with Crippen LogP contribution in [0.5, 0.6) is 0 Å². The fraction of sp³-hybridized carbons (Fsp3) is 0.269. The van der Waals surface area contributed by atoms with Crippen molar-refractivity contribution in [2.45, 2.75) is 19.0 Å². The fourth-order valence-corrected chi connectivity index (χ4v) is 4.14. The van der Waals surface area contributed by atoms with Crippen molar-refractivity contribution < 1.29 is 9.53 Å². The number of carbonyl (C=O) groups excluding carboxylic acids is 1. The van der Waals surface area contributed by atoms with Crippen molar-refractivity contribution in [1.82, 2.24) is 10.2 Å². The smallest absolute Gasteiger partial charge is 0.251 e. The monoisotopic (exact) mass is 400 g/mol. The second kappa shape index (κ2) is 9.70. The largest absolute Gasteiger partial charge is 0.379 e. The molecule has 1 saturated heterocycles. The SMILES string of the molecule is C[C@H](NC(=O)c1ccc(-c2ccccc2)cc1)[C@H](c1ccccc1)N1CCOCC1. The van der Waals surface area contributed by atoms with Gasteiger partial charge < -0.3 is 10.1 Å². The van der Waals surface area contributed by atoms with Gasteiger partial charge in [-0.15, -0.1) is 0 Å². The van der Waals surface area contributed by atoms with E-state index in [1.54, 1.807) is 0 Å². The molecule has 1 N–H and O–H groups in total. The molecule has 3 aromatic carbocycles. The number of rotatable bonds is 6. The lowest BCUT2D eigenvalue weighted by molar-refractivity contribution is 0.00888. The minimum absolute atomic E-state index is 0.0354. The molecule has 4 nitrogen and oxygen atoms in total. The van der Waals surface area contributed by atoms with Gasteiger partial charge in [0.25, 0.3) is 5.91 Å². The van der Waals surface area contributed by atoms with Crippen LogP contribution in [-0.4, -0.2) is 43.2 Å². The molecule has 1 fully saturated rings. The van der Waals surface area contributed by atoms with Crippen molar-refractivity contribution in [3.8, 4) is 11.1 Å². The maximum Gasteiger partial charge on any atom is 0.251 e. The van der Waals surface area contributed by atoms with Gasteiger partial charge in [-0.05, 0) is 35.7 Å². The zero-order valence-electron chi connectivity index (χ0n) is 17.3. The highest BCUT2D eigenvalue weighted by molar-refractivity contribution is 5.94. The van der Waals surface area contributed by atoms with E-state index in [1.807, 2.05) is 48.5 Å². The molecule has 0 spiro atoms. The summed E-state index contributed by atoms with van der Waals surface area (Å²) in [7, 11) is 0. The quantitative estimate of drug-likeness (QED) is 0.660. The Labute approximate surface area is 178 Å². The molecular formula is C26H28N2O2. The minimum Gasteiger partial charge on any atom is -0.379 e. The molecule has 0 aliphatic carbocycles. The Hall–Kier alpha value is -2.95. The summed E-state index contributed by atoms with van der Waals surface area (Å²) in [5.74, 6) is -0.0451. The zero-order valence-corrected chi connectivity index (χ0v) is 17.3. The van der Waals surface area contributed by atoms with Crippen LogP contribution >= 0.6 is 0 Å². The highest BCUT2D eigenvalue weighted by Gasteiger charge is 2.28. The summed E-state index contributed by atoms with van der Waals surface area (Å²) in [6, 6.07) is 28.5. The standard InChI is InChI=1S/C26H28N2O2/c1-20(25(23-10-6-3-7-11-23)28-16-18-30-19-17-28)27-26(29)24-14-12-22(13-15-24)21-8-4-2-5-9-21/h2-15,20,25H,16-19H2,1H3,(H,27,29)/t20-,25+/m0/s1. The lowest BCUT2D eigenvalue weighted by Crippen LogP contribution is -2.48. The number of carbonyl (C=O) groups is 1. The van der Waals surface area contributed by atoms with Crippen molar-refractivity contribution in [2.24, 2.45) is 0 Å². The molecule has 30 heavy (non-hydrogen) atoms. The Bertz CT molecular complexity index is 936. The summed E-state index contributed by atoms with van der Waals surface area (Å²) in [6.45, 7) is 5.27. The van der Waals surface area contributed by atoms with E-state index in [0.717, 1.165) is 37.4 Å². The Morgan fingerprint density at radius 1 is 0.833 bits per heavy atom. The molecule has 1 aliphatic rings. The van der Waals surface area contributed by atoms with Gasteiger partial charge in [-0.1, -0.05) is 72.8 Å². The van der Waals surface area contributed by atoms with Crippen LogP contribution in [0.25, 0.3) is 11.1 Å². The Kier molecular flexibility index (Phi) is 6.57. The molecule has 0 saturated carbocycles. The zero-order chi connectivity index (χ0) is 20.8. The third-order valence-corrected chi connectivity index (χ3v) is 5.67. The van der Waals surface area contributed by atoms with Crippen molar-refractivity contribution >= 4 is 5.91 Å². The highest BCUT2D eigenvalue weighted by Crippen LogP contribution is 2.26. The van der Waals surface area contributed by atoms with E-state index in [2.05, 4.69) is 53.5 Å². The molecule has 154 valence electrons. The summed E-state index contributed by atoms with van der Waals surface area (Å²) in [5, 5.41) is 3.23. The molecule has 2 atom stereocenters. The number of amides is 1. The summed E-state index contributed by atoms with van der Waals surface area (Å²) < 4.78 is 5.53. The van der Waals surface area contributed by atoms with Crippen LogP contribution < -0.4 is 5.32 Å². The second-order valence-electron chi connectivity index (χ2n) is 7.71. The molecule has 1 heterocycles. The van der Waals surface area contributed by atoms with E-state index in [4.69, 9.17) is 4.74 Å². The predicted molar refractivity (Wildman–Crippen MR) is 120 cm³/mol. The average Bonchev–Trinajstić information content (AvgIpc) is 2.81. The number of benzene rings is 3. The first-order chi connectivity index (χ1) is 14.7. The van der Waals surface area contributed by atoms with E-state index in [1.165, 1.54) is 5.56 Å². The van der Waals surface area contributed by atoms with Gasteiger partial charge in [0.05, 0.1) is 19.3 Å². The number of ether oxygens (including phenoxy) is 1. The average molecular weight is 401 g/mol. The third-order valence-electron chi connectivity index (χ3n) is 5.67. The van der Waals surface area contributed by atoms with E-state index < -0.39 is 0 Å². The van der Waals surface area contributed by atoms with Gasteiger partial charge in [-0.25, -0.2) is 0 Å². The predicted octanol–water partition coefficient (Wildman–Crippen LogP) is 4.55. The van der Waals surface area contributed by atoms with Crippen molar-refractivity contribution in [1.29, 1.82) is 0 Å². The fourth-order valence-electron chi connectivity index (χ4n) is 4.14. The molecular weight excluding hydrogens is 372 g/mol. The maximum absolute atomic E-state index is 13.0. The van der Waals surface area contributed by atoms with Gasteiger partial charge in [0, 0.05) is 24.7 Å². The number of hydrogen-bond acceptors (Lipinski definition) is 3. The lowest BCUT2D eigenvalue weighted by atomic mass is 9.97.